The van der Waals surface area contributed by atoms with Gasteiger partial charge < -0.3 is 114 Å². The summed E-state index contributed by atoms with van der Waals surface area (Å²) in [7, 11) is 3.49. The number of nitrogens with one attached hydrogen (secondary N) is 10. The number of carbonyl (C=O) groups excluding carboxylic acids is 16. The first kappa shape index (κ1) is 105. The number of likely N-dealkylation sites (N-methyl/N-ethyl adjacent to an activating group) is 3. The number of carboxylic acid groups (broad SMARTS) is 2. The number of para-hydroxylation sites is 1. The van der Waals surface area contributed by atoms with E-state index in [9.17, 15) is 73.1 Å². The van der Waals surface area contributed by atoms with Gasteiger partial charge in [0.2, 0.25) is 94.5 Å². The van der Waals surface area contributed by atoms with Crippen molar-refractivity contribution in [2.75, 3.05) is 52.3 Å². The number of hydrogen-bond acceptors (Lipinski definition) is 22. The van der Waals surface area contributed by atoms with Crippen LogP contribution in [-0.4, -0.2) is 305 Å². The number of hydrogen-bond donors (Lipinski definition) is 17. The molecule has 9 rings (SSSR count). The lowest BCUT2D eigenvalue weighted by molar-refractivity contribution is -0.152. The number of carbonyl (C=O) groups is 18. The fourth-order valence-electron chi connectivity index (χ4n) is 16.2. The van der Waals surface area contributed by atoms with E-state index in [-0.39, 0.29) is 37.0 Å². The van der Waals surface area contributed by atoms with Crippen molar-refractivity contribution in [1.29, 1.82) is 0 Å². The maximum Gasteiger partial charge on any atom is 0.305 e. The summed E-state index contributed by atoms with van der Waals surface area (Å²) in [5.74, 6) is -29.8. The molecule has 44 heteroatoms. The maximum absolute atomic E-state index is 15.7. The Balaban J connectivity index is 1.15. The van der Waals surface area contributed by atoms with Gasteiger partial charge in [-0.3, -0.25) is 86.3 Å². The number of aromatic nitrogens is 1. The largest absolute Gasteiger partial charge is 0.508 e. The summed E-state index contributed by atoms with van der Waals surface area (Å²) in [5, 5.41) is 76.4. The zero-order valence-electron chi connectivity index (χ0n) is 74.8. The molecule has 0 radical (unpaired) electrons. The third-order valence-corrected chi connectivity index (χ3v) is 24.5. The van der Waals surface area contributed by atoms with E-state index >= 15 is 51.9 Å². The Labute approximate surface area is 777 Å². The average molecular weight is 1900 g/mol. The molecular weight excluding hydrogens is 1790 g/mol. The molecule has 135 heavy (non-hydrogen) atoms. The number of phenols is 1. The summed E-state index contributed by atoms with van der Waals surface area (Å²) < 4.78 is 45.0. The lowest BCUT2D eigenvalue weighted by Crippen LogP contribution is -2.62. The number of nitrogens with two attached hydrogens (primary N) is 2. The smallest absolute Gasteiger partial charge is 0.305 e. The topological polar surface area (TPSA) is 601 Å². The van der Waals surface area contributed by atoms with Crippen LogP contribution in [0.1, 0.15) is 106 Å². The second kappa shape index (κ2) is 48.6. The van der Waals surface area contributed by atoms with E-state index in [4.69, 9.17) is 11.5 Å². The highest BCUT2D eigenvalue weighted by Crippen LogP contribution is 2.29. The molecule has 0 spiro atoms. The van der Waals surface area contributed by atoms with Gasteiger partial charge in [0.1, 0.15) is 84.3 Å². The van der Waals surface area contributed by atoms with E-state index in [0.717, 1.165) is 31.5 Å². The zero-order chi connectivity index (χ0) is 98.9. The molecule has 3 aliphatic rings. The molecule has 726 valence electrons. The fraction of sp³-hybridized carbons (Fsp3) is 0.451. The number of fused-ring (bicyclic) bond motifs is 3. The number of primary amides is 2. The highest BCUT2D eigenvalue weighted by molar-refractivity contribution is 8.00. The van der Waals surface area contributed by atoms with Crippen LogP contribution in [0.5, 0.6) is 5.75 Å². The number of nitrogens with zero attached hydrogens (tertiary/aromatic N) is 5. The van der Waals surface area contributed by atoms with E-state index in [0.29, 0.717) is 57.9 Å². The molecule has 3 aliphatic heterocycles. The molecule has 1 aromatic heterocycles. The van der Waals surface area contributed by atoms with Crippen molar-refractivity contribution < 1.29 is 125 Å². The van der Waals surface area contributed by atoms with Crippen LogP contribution in [0.3, 0.4) is 0 Å². The molecule has 5 aromatic carbocycles. The highest BCUT2D eigenvalue weighted by atomic mass is 32.2. The summed E-state index contributed by atoms with van der Waals surface area (Å²) in [6, 6.07) is 4.98. The molecule has 19 N–H and O–H groups in total. The monoisotopic (exact) mass is 1900 g/mol. The van der Waals surface area contributed by atoms with E-state index in [2.05, 4.69) is 52.8 Å². The zero-order valence-corrected chi connectivity index (χ0v) is 75.6. The van der Waals surface area contributed by atoms with Crippen LogP contribution in [-0.2, 0) is 118 Å². The molecule has 6 aromatic rings. The predicted octanol–water partition coefficient (Wildman–Crippen LogP) is -1.50. The number of aliphatic hydroxyl groups excluding tert-OH is 2. The summed E-state index contributed by atoms with van der Waals surface area (Å²) in [5.41, 5.74) is 12.5. The van der Waals surface area contributed by atoms with Crippen LogP contribution in [0.25, 0.3) is 10.9 Å². The lowest BCUT2D eigenvalue weighted by atomic mass is 9.98. The number of unbranched alkanes of at least 4 members (excludes halogenated alkanes) is 1. The summed E-state index contributed by atoms with van der Waals surface area (Å²) >= 11 is 0.527. The SMILES string of the molecule is CCCC[C@H]1C(=O)N2C[C@H](O)C[C@@H]2C(=O)N[C@@H](CC(=O)O)C(=O)N[C@@H](C(C)C)C(=O)N(C)[C@@H](Cc2ccccc2)C(=O)N[C@@H](CCC(N)=O)C(=O)N2C[C@H](O)C[C@@H]2C(=O)N[C@@H](Cc2c[nH]c3ccccc23)C(=O)N[C@@H](Cc2ccc(O)cc2)C(=O)N[C@@H](CC(=O)O)C(=O)N[C@H](C(=O)NCC(N)=O)CSCC(=O)N[C@@H](Cc2cc(F)c(F)c(F)c2)C(=O)N(C)[C@@H](Cc2ccccc2)C(=O)N1C. The van der Waals surface area contributed by atoms with Gasteiger partial charge in [-0.25, -0.2) is 13.2 Å². The Kier molecular flexibility index (Phi) is 37.7. The second-order valence-electron chi connectivity index (χ2n) is 33.8. The number of thioether (sulfide) groups is 1. The quantitative estimate of drug-likeness (QED) is 0.0307. The minimum absolute atomic E-state index is 0.169. The van der Waals surface area contributed by atoms with E-state index in [1.54, 1.807) is 91.9 Å². The minimum atomic E-state index is -2.21. The van der Waals surface area contributed by atoms with E-state index in [1.165, 1.54) is 58.4 Å². The molecule has 16 amide bonds. The first-order valence-corrected chi connectivity index (χ1v) is 44.8. The van der Waals surface area contributed by atoms with Crippen LogP contribution < -0.4 is 59.3 Å². The normalized spacial score (nSPS) is 24.4. The van der Waals surface area contributed by atoms with Crippen LogP contribution in [0.2, 0.25) is 0 Å². The van der Waals surface area contributed by atoms with Crippen molar-refractivity contribution >= 4 is 129 Å². The molecule has 0 aliphatic carbocycles. The van der Waals surface area contributed by atoms with Crippen molar-refractivity contribution in [1.82, 2.24) is 77.3 Å². The number of aromatic hydroxyl groups is 1. The summed E-state index contributed by atoms with van der Waals surface area (Å²) in [6.45, 7) is 2.58. The number of carboxylic acids is 2. The Morgan fingerprint density at radius 3 is 1.53 bits per heavy atom. The van der Waals surface area contributed by atoms with E-state index < -0.39 is 315 Å². The minimum Gasteiger partial charge on any atom is -0.508 e. The van der Waals surface area contributed by atoms with Gasteiger partial charge in [0.15, 0.2) is 17.5 Å². The summed E-state index contributed by atoms with van der Waals surface area (Å²) in [4.78, 5) is 270. The van der Waals surface area contributed by atoms with Crippen LogP contribution in [0.15, 0.2) is 128 Å². The Hall–Kier alpha value is -14.0. The van der Waals surface area contributed by atoms with Gasteiger partial charge in [0.25, 0.3) is 0 Å². The Morgan fingerprint density at radius 2 is 0.978 bits per heavy atom. The Bertz CT molecular complexity index is 5330. The fourth-order valence-corrected chi connectivity index (χ4v) is 17.0. The third-order valence-electron chi connectivity index (χ3n) is 23.4. The number of aromatic amines is 1. The third kappa shape index (κ3) is 29.0. The molecule has 40 nitrogen and oxygen atoms in total. The number of phenolic OH excluding ortho intramolecular Hbond substituents is 1. The number of benzene rings is 5. The van der Waals surface area contributed by atoms with Gasteiger partial charge in [-0.15, -0.1) is 11.8 Å². The number of aliphatic carboxylic acids is 2. The first-order chi connectivity index (χ1) is 64.0. The van der Waals surface area contributed by atoms with Gasteiger partial charge in [-0.2, -0.15) is 0 Å². The van der Waals surface area contributed by atoms with Crippen molar-refractivity contribution in [2.45, 2.75) is 201 Å². The molecule has 0 unspecified atom stereocenters. The Morgan fingerprint density at radius 1 is 0.496 bits per heavy atom. The molecule has 15 atom stereocenters. The first-order valence-electron chi connectivity index (χ1n) is 43.6. The van der Waals surface area contributed by atoms with Gasteiger partial charge in [0, 0.05) is 108 Å². The molecule has 4 heterocycles. The molecule has 3 fully saturated rings. The number of halogens is 3. The second-order valence-corrected chi connectivity index (χ2v) is 34.9. The standard InChI is InChI=1S/C91H112F3N17O23S/c1-7-8-23-67-90(133)111-44-55(114)38-70(111)86(129)104-64(40-76(120)121)83(126)106-78(47(2)3)91(134)108(5)68(34-48-17-11-9-12-18-48)84(127)100-60(28-29-72(95)115)88(131)110-43-54(113)37-69(110)85(128)103-62(36-52-41-97-59-22-16-15-21-56(52)59)81(124)101-61(32-50-24-26-53(112)27-25-50)80(123)102-63(39-75(118)119)82(125)105-66(79(122)98-42-73(96)116)45-135-46-74(117)99-65(33-51-30-57(92)77(94)58(93)31-51)87(130)109(6)71(89(132)107(67)4)35-49-19-13-10-14-20-49/h9-22,24-27,30-31,41,47,54-55,60-71,78,97,112-114H,7-8,23,28-29,32-40,42-46H2,1-6H3,(H2,95,115)(H2,96,116)(H,98,122)(H,99,117)(H,100,127)(H,101,124)(H,102,123)(H,103,128)(H,104,129)(H,105,125)(H,106,126)(H,118,119)(H,120,121)/t54-,55-,60+,61+,62+,63+,64+,65+,66+,67+,68+,69-,70-,71+,78+/m1/s1. The number of rotatable bonds is 24. The van der Waals surface area contributed by atoms with Gasteiger partial charge >= 0.3 is 11.9 Å². The van der Waals surface area contributed by atoms with Crippen molar-refractivity contribution in [3.05, 3.63) is 173 Å². The van der Waals surface area contributed by atoms with E-state index in [1.807, 2.05) is 0 Å². The lowest BCUT2D eigenvalue weighted by Gasteiger charge is -2.38. The van der Waals surface area contributed by atoms with Gasteiger partial charge in [-0.1, -0.05) is 125 Å². The van der Waals surface area contributed by atoms with Gasteiger partial charge in [-0.05, 0) is 76.9 Å². The molecular formula is C91H112F3N17O23S. The van der Waals surface area contributed by atoms with Crippen molar-refractivity contribution in [3.8, 4) is 5.75 Å². The van der Waals surface area contributed by atoms with Crippen molar-refractivity contribution in [3.63, 3.8) is 0 Å². The van der Waals surface area contributed by atoms with Crippen LogP contribution in [0, 0.1) is 23.4 Å². The van der Waals surface area contributed by atoms with Crippen molar-refractivity contribution in [2.24, 2.45) is 17.4 Å². The number of aliphatic hydroxyl groups is 2. The molecule has 3 saturated heterocycles. The van der Waals surface area contributed by atoms with Crippen LogP contribution in [0.4, 0.5) is 13.2 Å². The van der Waals surface area contributed by atoms with Crippen LogP contribution >= 0.6 is 11.8 Å². The molecule has 0 saturated carbocycles. The predicted molar refractivity (Wildman–Crippen MR) is 478 cm³/mol. The average Bonchev–Trinajstić information content (AvgIpc) is 1.68. The highest BCUT2D eigenvalue weighted by Gasteiger charge is 2.48. The van der Waals surface area contributed by atoms with Gasteiger partial charge in [0.05, 0.1) is 37.3 Å². The summed E-state index contributed by atoms with van der Waals surface area (Å²) in [6.07, 6.45) is -8.38. The molecule has 0 bridgehead atoms. The maximum atomic E-state index is 15.7. The number of amides is 16. The number of H-pyrrole nitrogens is 1.